The average Bonchev–Trinajstić information content (AvgIpc) is 2.97. The Morgan fingerprint density at radius 2 is 1.76 bits per heavy atom. The molecular weight excluding hydrogens is 370 g/mol. The normalized spacial score (nSPS) is 18.4. The minimum atomic E-state index is -0.775. The van der Waals surface area contributed by atoms with Crippen LogP contribution in [-0.2, 0) is 9.59 Å². The van der Waals surface area contributed by atoms with Crippen molar-refractivity contribution in [1.82, 2.24) is 4.90 Å². The van der Waals surface area contributed by atoms with Crippen LogP contribution in [0.4, 0.5) is 0 Å². The van der Waals surface area contributed by atoms with Crippen molar-refractivity contribution >= 4 is 17.4 Å². The predicted molar refractivity (Wildman–Crippen MR) is 110 cm³/mol. The van der Waals surface area contributed by atoms with E-state index in [2.05, 4.69) is 0 Å². The molecule has 1 aliphatic heterocycles. The van der Waals surface area contributed by atoms with E-state index in [-0.39, 0.29) is 17.3 Å². The Balaban J connectivity index is 2.27. The lowest BCUT2D eigenvalue weighted by Gasteiger charge is -2.28. The van der Waals surface area contributed by atoms with Crippen molar-refractivity contribution < 1.29 is 24.2 Å². The molecule has 2 aromatic carbocycles. The molecule has 1 N–H and O–H groups in total. The quantitative estimate of drug-likeness (QED) is 0.458. The van der Waals surface area contributed by atoms with Gasteiger partial charge in [-0.3, -0.25) is 9.59 Å². The molecule has 6 nitrogen and oxygen atoms in total. The smallest absolute Gasteiger partial charge is 0.295 e. The van der Waals surface area contributed by atoms with Crippen LogP contribution in [0.25, 0.3) is 5.76 Å². The highest BCUT2D eigenvalue weighted by Gasteiger charge is 2.47. The fraction of sp³-hybridized carbons (Fsp3) is 0.304. The Bertz CT molecular complexity index is 949. The van der Waals surface area contributed by atoms with Gasteiger partial charge < -0.3 is 19.5 Å². The second kappa shape index (κ2) is 8.39. The summed E-state index contributed by atoms with van der Waals surface area (Å²) >= 11 is 0. The van der Waals surface area contributed by atoms with Crippen molar-refractivity contribution in [2.75, 3.05) is 20.8 Å². The summed E-state index contributed by atoms with van der Waals surface area (Å²) < 4.78 is 10.8. The van der Waals surface area contributed by atoms with Crippen LogP contribution in [0.2, 0.25) is 0 Å². The Morgan fingerprint density at radius 3 is 2.34 bits per heavy atom. The lowest BCUT2D eigenvalue weighted by atomic mass is 9.94. The fourth-order valence-corrected chi connectivity index (χ4v) is 3.59. The molecule has 2 aromatic rings. The van der Waals surface area contributed by atoms with Gasteiger partial charge >= 0.3 is 0 Å². The first-order valence-electron chi connectivity index (χ1n) is 9.44. The Kier molecular flexibility index (Phi) is 5.92. The number of ether oxygens (including phenoxy) is 2. The van der Waals surface area contributed by atoms with Crippen LogP contribution in [0, 0.1) is 5.92 Å². The van der Waals surface area contributed by atoms with Crippen LogP contribution in [0.15, 0.2) is 54.1 Å². The number of Topliss-reactive ketones (excluding diaryl/α,β-unsaturated/α-hetero) is 1. The van der Waals surface area contributed by atoms with Crippen LogP contribution in [-0.4, -0.2) is 42.5 Å². The summed E-state index contributed by atoms with van der Waals surface area (Å²) in [5, 5.41) is 11.0. The van der Waals surface area contributed by atoms with E-state index >= 15 is 0 Å². The molecule has 29 heavy (non-hydrogen) atoms. The number of benzene rings is 2. The zero-order valence-electron chi connectivity index (χ0n) is 17.0. The molecule has 0 saturated carbocycles. The van der Waals surface area contributed by atoms with E-state index in [0.717, 1.165) is 0 Å². The number of nitrogens with zero attached hydrogens (tertiary/aromatic N) is 1. The number of hydrogen-bond donors (Lipinski definition) is 1. The highest BCUT2D eigenvalue weighted by molar-refractivity contribution is 6.46. The minimum absolute atomic E-state index is 0.0494. The predicted octanol–water partition coefficient (Wildman–Crippen LogP) is 3.78. The number of amides is 1. The molecule has 3 rings (SSSR count). The Hall–Kier alpha value is -3.28. The third kappa shape index (κ3) is 3.83. The van der Waals surface area contributed by atoms with Crippen molar-refractivity contribution in [3.05, 3.63) is 65.2 Å². The zero-order chi connectivity index (χ0) is 21.1. The van der Waals surface area contributed by atoms with Crippen LogP contribution in [0.5, 0.6) is 11.5 Å². The van der Waals surface area contributed by atoms with Crippen molar-refractivity contribution in [1.29, 1.82) is 0 Å². The van der Waals surface area contributed by atoms with Gasteiger partial charge in [-0.05, 0) is 24.1 Å². The first kappa shape index (κ1) is 20.5. The summed E-state index contributed by atoms with van der Waals surface area (Å²) in [7, 11) is 3.07. The maximum absolute atomic E-state index is 13.0. The van der Waals surface area contributed by atoms with Gasteiger partial charge in [0.1, 0.15) is 17.3 Å². The molecule has 1 aliphatic rings. The van der Waals surface area contributed by atoms with Gasteiger partial charge in [0.15, 0.2) is 0 Å². The highest BCUT2D eigenvalue weighted by Crippen LogP contribution is 2.44. The van der Waals surface area contributed by atoms with Gasteiger partial charge in [0.2, 0.25) is 0 Å². The average molecular weight is 395 g/mol. The maximum atomic E-state index is 13.0. The van der Waals surface area contributed by atoms with E-state index in [1.807, 2.05) is 19.9 Å². The van der Waals surface area contributed by atoms with Crippen molar-refractivity contribution in [2.45, 2.75) is 19.9 Å². The monoisotopic (exact) mass is 395 g/mol. The molecule has 0 radical (unpaired) electrons. The summed E-state index contributed by atoms with van der Waals surface area (Å²) in [6.45, 7) is 4.30. The number of methoxy groups -OCH3 is 2. The number of rotatable bonds is 6. The largest absolute Gasteiger partial charge is 0.507 e. The van der Waals surface area contributed by atoms with Crippen LogP contribution in [0.3, 0.4) is 0 Å². The summed E-state index contributed by atoms with van der Waals surface area (Å²) in [6.07, 6.45) is 0. The Morgan fingerprint density at radius 1 is 1.07 bits per heavy atom. The van der Waals surface area contributed by atoms with Gasteiger partial charge in [0, 0.05) is 17.7 Å². The Labute approximate surface area is 170 Å². The molecule has 1 unspecified atom stereocenters. The van der Waals surface area contributed by atoms with Gasteiger partial charge in [0.05, 0.1) is 25.8 Å². The minimum Gasteiger partial charge on any atom is -0.507 e. The molecule has 1 fully saturated rings. The van der Waals surface area contributed by atoms with Crippen LogP contribution in [0.1, 0.15) is 31.0 Å². The van der Waals surface area contributed by atoms with Crippen LogP contribution >= 0.6 is 0 Å². The number of aliphatic hydroxyl groups excluding tert-OH is 1. The number of carbonyl (C=O) groups excluding carboxylic acids is 2. The summed E-state index contributed by atoms with van der Waals surface area (Å²) in [6, 6.07) is 13.2. The fourth-order valence-electron chi connectivity index (χ4n) is 3.59. The molecule has 1 amide bonds. The number of aliphatic hydroxyl groups is 1. The number of carbonyl (C=O) groups is 2. The molecule has 1 heterocycles. The van der Waals surface area contributed by atoms with Gasteiger partial charge in [-0.2, -0.15) is 0 Å². The molecule has 6 heteroatoms. The summed E-state index contributed by atoms with van der Waals surface area (Å²) in [5.41, 5.74) is 1.11. The lowest BCUT2D eigenvalue weighted by molar-refractivity contribution is -0.140. The zero-order valence-corrected chi connectivity index (χ0v) is 17.0. The molecule has 1 atom stereocenters. The second-order valence-electron chi connectivity index (χ2n) is 7.32. The number of hydrogen-bond acceptors (Lipinski definition) is 5. The van der Waals surface area contributed by atoms with Crippen LogP contribution < -0.4 is 9.47 Å². The number of likely N-dealkylation sites (tertiary alicyclic amines) is 1. The van der Waals surface area contributed by atoms with E-state index in [1.165, 1.54) is 12.0 Å². The van der Waals surface area contributed by atoms with Gasteiger partial charge in [-0.15, -0.1) is 0 Å². The first-order chi connectivity index (χ1) is 13.9. The van der Waals surface area contributed by atoms with Crippen molar-refractivity contribution in [3.8, 4) is 11.5 Å². The van der Waals surface area contributed by atoms with Gasteiger partial charge in [-0.1, -0.05) is 44.2 Å². The highest BCUT2D eigenvalue weighted by atomic mass is 16.5. The van der Waals surface area contributed by atoms with Gasteiger partial charge in [-0.25, -0.2) is 0 Å². The summed E-state index contributed by atoms with van der Waals surface area (Å²) in [5.74, 6) is -0.344. The molecule has 0 bridgehead atoms. The standard InChI is InChI=1S/C23H25NO5/c1-14(2)13-24-20(17-12-16(28-3)10-11-18(17)29-4)19(22(26)23(24)27)21(25)15-8-6-5-7-9-15/h5-12,14,20,25H,13H2,1-4H3. The molecule has 152 valence electrons. The topological polar surface area (TPSA) is 76.1 Å². The van der Waals surface area contributed by atoms with E-state index in [9.17, 15) is 14.7 Å². The SMILES string of the molecule is COc1ccc(OC)c(C2C(=C(O)c3ccccc3)C(=O)C(=O)N2CC(C)C)c1. The van der Waals surface area contributed by atoms with E-state index in [1.54, 1.807) is 49.6 Å². The lowest BCUT2D eigenvalue weighted by Crippen LogP contribution is -2.33. The van der Waals surface area contributed by atoms with Crippen molar-refractivity contribution in [3.63, 3.8) is 0 Å². The third-order valence-electron chi connectivity index (χ3n) is 4.88. The van der Waals surface area contributed by atoms with E-state index in [0.29, 0.717) is 29.2 Å². The first-order valence-corrected chi connectivity index (χ1v) is 9.44. The third-order valence-corrected chi connectivity index (χ3v) is 4.88. The molecule has 0 aromatic heterocycles. The molecular formula is C23H25NO5. The maximum Gasteiger partial charge on any atom is 0.295 e. The molecule has 1 saturated heterocycles. The van der Waals surface area contributed by atoms with E-state index in [4.69, 9.17) is 9.47 Å². The number of ketones is 1. The van der Waals surface area contributed by atoms with E-state index < -0.39 is 17.7 Å². The second-order valence-corrected chi connectivity index (χ2v) is 7.32. The summed E-state index contributed by atoms with van der Waals surface area (Å²) in [4.78, 5) is 27.4. The molecule has 0 spiro atoms. The van der Waals surface area contributed by atoms with Crippen molar-refractivity contribution in [2.24, 2.45) is 5.92 Å². The van der Waals surface area contributed by atoms with Gasteiger partial charge in [0.25, 0.3) is 11.7 Å². The molecule has 0 aliphatic carbocycles.